The molecule has 100 valence electrons. The van der Waals surface area contributed by atoms with Crippen molar-refractivity contribution in [2.24, 2.45) is 0 Å². The Morgan fingerprint density at radius 2 is 2.00 bits per heavy atom. The Morgan fingerprint density at radius 3 is 2.50 bits per heavy atom. The molecule has 18 heavy (non-hydrogen) atoms. The second kappa shape index (κ2) is 7.43. The Morgan fingerprint density at radius 1 is 1.39 bits per heavy atom. The molecular formula is C11H14Cl2N2O3. The van der Waals surface area contributed by atoms with Crippen molar-refractivity contribution in [1.29, 1.82) is 0 Å². The van der Waals surface area contributed by atoms with Gasteiger partial charge in [-0.05, 0) is 18.2 Å². The second-order valence-corrected chi connectivity index (χ2v) is 4.46. The van der Waals surface area contributed by atoms with Crippen LogP contribution in [0, 0.1) is 0 Å². The highest BCUT2D eigenvalue weighted by Gasteiger charge is 2.11. The maximum atomic E-state index is 11.6. The summed E-state index contributed by atoms with van der Waals surface area (Å²) in [5.74, 6) is 0. The first-order valence-corrected chi connectivity index (χ1v) is 5.94. The first kappa shape index (κ1) is 15.0. The Bertz CT molecular complexity index is 395. The van der Waals surface area contributed by atoms with E-state index in [1.54, 1.807) is 18.2 Å². The molecule has 5 nitrogen and oxygen atoms in total. The summed E-state index contributed by atoms with van der Waals surface area (Å²) in [5, 5.41) is 14.9. The third kappa shape index (κ3) is 5.10. The zero-order valence-corrected chi connectivity index (χ0v) is 11.3. The summed E-state index contributed by atoms with van der Waals surface area (Å²) >= 11 is 11.6. The predicted octanol–water partition coefficient (Wildman–Crippen LogP) is 2.12. The van der Waals surface area contributed by atoms with Crippen LogP contribution in [0.3, 0.4) is 0 Å². The number of urea groups is 1. The molecule has 1 unspecified atom stereocenters. The highest BCUT2D eigenvalue weighted by Crippen LogP contribution is 2.22. The fourth-order valence-corrected chi connectivity index (χ4v) is 1.85. The predicted molar refractivity (Wildman–Crippen MR) is 71.4 cm³/mol. The van der Waals surface area contributed by atoms with Gasteiger partial charge in [0, 0.05) is 22.8 Å². The highest BCUT2D eigenvalue weighted by molar-refractivity contribution is 6.35. The van der Waals surface area contributed by atoms with Gasteiger partial charge in [0.15, 0.2) is 0 Å². The number of hydrogen-bond donors (Lipinski definition) is 3. The largest absolute Gasteiger partial charge is 0.394 e. The van der Waals surface area contributed by atoms with Crippen molar-refractivity contribution in [2.45, 2.75) is 6.04 Å². The van der Waals surface area contributed by atoms with Gasteiger partial charge in [0.25, 0.3) is 0 Å². The fraction of sp³-hybridized carbons (Fsp3) is 0.364. The summed E-state index contributed by atoms with van der Waals surface area (Å²) in [6, 6.07) is 3.76. The molecule has 0 aliphatic rings. The van der Waals surface area contributed by atoms with Crippen LogP contribution in [0.5, 0.6) is 0 Å². The molecule has 0 aliphatic carbocycles. The summed E-state index contributed by atoms with van der Waals surface area (Å²) in [4.78, 5) is 11.6. The van der Waals surface area contributed by atoms with Crippen molar-refractivity contribution in [2.75, 3.05) is 25.6 Å². The van der Waals surface area contributed by atoms with Gasteiger partial charge in [-0.2, -0.15) is 0 Å². The number of carbonyl (C=O) groups is 1. The molecule has 3 N–H and O–H groups in total. The van der Waals surface area contributed by atoms with Crippen LogP contribution < -0.4 is 10.6 Å². The molecule has 0 radical (unpaired) electrons. The minimum atomic E-state index is -0.468. The highest BCUT2D eigenvalue weighted by atomic mass is 35.5. The summed E-state index contributed by atoms with van der Waals surface area (Å²) in [6.45, 7) is 0.0117. The average Bonchev–Trinajstić information content (AvgIpc) is 2.26. The molecule has 2 amide bonds. The number of amides is 2. The van der Waals surface area contributed by atoms with Gasteiger partial charge in [0.05, 0.1) is 19.3 Å². The molecule has 0 aliphatic heterocycles. The maximum Gasteiger partial charge on any atom is 0.319 e. The van der Waals surface area contributed by atoms with E-state index in [0.717, 1.165) is 0 Å². The van der Waals surface area contributed by atoms with Crippen LogP contribution >= 0.6 is 23.2 Å². The van der Waals surface area contributed by atoms with Crippen LogP contribution in [0.4, 0.5) is 10.5 Å². The quantitative estimate of drug-likeness (QED) is 0.778. The van der Waals surface area contributed by atoms with Crippen molar-refractivity contribution in [3.63, 3.8) is 0 Å². The number of ether oxygens (including phenoxy) is 1. The van der Waals surface area contributed by atoms with Gasteiger partial charge >= 0.3 is 6.03 Å². The molecule has 1 aromatic rings. The molecule has 0 saturated heterocycles. The number of anilines is 1. The summed E-state index contributed by atoms with van der Waals surface area (Å²) in [6.07, 6.45) is 0. The lowest BCUT2D eigenvalue weighted by Gasteiger charge is -2.15. The molecule has 0 spiro atoms. The van der Waals surface area contributed by atoms with Crippen molar-refractivity contribution >= 4 is 34.9 Å². The third-order valence-electron chi connectivity index (χ3n) is 2.04. The number of aliphatic hydroxyl groups excluding tert-OH is 1. The summed E-state index contributed by atoms with van der Waals surface area (Å²) in [7, 11) is 1.49. The van der Waals surface area contributed by atoms with E-state index in [4.69, 9.17) is 33.0 Å². The Balaban J connectivity index is 2.58. The summed E-state index contributed by atoms with van der Waals surface area (Å²) < 4.78 is 4.84. The van der Waals surface area contributed by atoms with Crippen LogP contribution in [-0.2, 0) is 4.74 Å². The van der Waals surface area contributed by atoms with Crippen molar-refractivity contribution in [3.8, 4) is 0 Å². The normalized spacial score (nSPS) is 12.0. The third-order valence-corrected chi connectivity index (χ3v) is 2.48. The van der Waals surface area contributed by atoms with Crippen LogP contribution in [-0.4, -0.2) is 37.5 Å². The van der Waals surface area contributed by atoms with Gasteiger partial charge in [-0.25, -0.2) is 4.79 Å². The fourth-order valence-electron chi connectivity index (χ4n) is 1.32. The van der Waals surface area contributed by atoms with Crippen molar-refractivity contribution < 1.29 is 14.6 Å². The first-order valence-electron chi connectivity index (χ1n) is 5.18. The minimum absolute atomic E-state index is 0.211. The zero-order chi connectivity index (χ0) is 13.5. The lowest BCUT2D eigenvalue weighted by Crippen LogP contribution is -2.42. The molecule has 7 heteroatoms. The standard InChI is InChI=1S/C11H14Cl2N2O3/c1-18-6-10(5-16)15-11(17)14-9-3-7(12)2-8(13)4-9/h2-4,10,16H,5-6H2,1H3,(H2,14,15,17). The van der Waals surface area contributed by atoms with Crippen LogP contribution in [0.2, 0.25) is 10.0 Å². The number of methoxy groups -OCH3 is 1. The molecule has 0 fully saturated rings. The first-order chi connectivity index (χ1) is 8.55. The number of rotatable bonds is 5. The number of nitrogens with one attached hydrogen (secondary N) is 2. The van der Waals surface area contributed by atoms with Gasteiger partial charge in [-0.15, -0.1) is 0 Å². The minimum Gasteiger partial charge on any atom is -0.394 e. The van der Waals surface area contributed by atoms with Crippen LogP contribution in [0.1, 0.15) is 0 Å². The van der Waals surface area contributed by atoms with Gasteiger partial charge in [-0.1, -0.05) is 23.2 Å². The van der Waals surface area contributed by atoms with E-state index in [9.17, 15) is 4.79 Å². The van der Waals surface area contributed by atoms with E-state index < -0.39 is 12.1 Å². The van der Waals surface area contributed by atoms with E-state index >= 15 is 0 Å². The molecule has 1 rings (SSSR count). The molecular weight excluding hydrogens is 279 g/mol. The van der Waals surface area contributed by atoms with Gasteiger partial charge in [0.2, 0.25) is 0 Å². The number of benzene rings is 1. The Labute approximate surface area is 115 Å². The van der Waals surface area contributed by atoms with Gasteiger partial charge in [-0.3, -0.25) is 0 Å². The second-order valence-electron chi connectivity index (χ2n) is 3.59. The maximum absolute atomic E-state index is 11.6. The molecule has 0 aromatic heterocycles. The molecule has 1 aromatic carbocycles. The van der Waals surface area contributed by atoms with Crippen LogP contribution in [0.15, 0.2) is 18.2 Å². The summed E-state index contributed by atoms with van der Waals surface area (Å²) in [5.41, 5.74) is 0.471. The van der Waals surface area contributed by atoms with E-state index in [1.807, 2.05) is 0 Å². The van der Waals surface area contributed by atoms with Crippen molar-refractivity contribution in [3.05, 3.63) is 28.2 Å². The molecule has 1 atom stereocenters. The SMILES string of the molecule is COCC(CO)NC(=O)Nc1cc(Cl)cc(Cl)c1. The van der Waals surface area contributed by atoms with E-state index in [2.05, 4.69) is 10.6 Å². The Hall–Kier alpha value is -1.01. The topological polar surface area (TPSA) is 70.6 Å². The number of aliphatic hydroxyl groups is 1. The number of halogens is 2. The number of hydrogen-bond acceptors (Lipinski definition) is 3. The average molecular weight is 293 g/mol. The van der Waals surface area contributed by atoms with Crippen molar-refractivity contribution in [1.82, 2.24) is 5.32 Å². The zero-order valence-electron chi connectivity index (χ0n) is 9.74. The lowest BCUT2D eigenvalue weighted by atomic mass is 10.3. The monoisotopic (exact) mass is 292 g/mol. The van der Waals surface area contributed by atoms with E-state index in [-0.39, 0.29) is 13.2 Å². The van der Waals surface area contributed by atoms with E-state index in [0.29, 0.717) is 15.7 Å². The number of carbonyl (C=O) groups excluding carboxylic acids is 1. The Kier molecular flexibility index (Phi) is 6.21. The molecule has 0 saturated carbocycles. The lowest BCUT2D eigenvalue weighted by molar-refractivity contribution is 0.132. The molecule has 0 heterocycles. The smallest absolute Gasteiger partial charge is 0.319 e. The molecule has 0 bridgehead atoms. The van der Waals surface area contributed by atoms with Gasteiger partial charge in [0.1, 0.15) is 0 Å². The van der Waals surface area contributed by atoms with Gasteiger partial charge < -0.3 is 20.5 Å². The van der Waals surface area contributed by atoms with Crippen LogP contribution in [0.25, 0.3) is 0 Å². The van der Waals surface area contributed by atoms with E-state index in [1.165, 1.54) is 7.11 Å².